The van der Waals surface area contributed by atoms with Crippen molar-refractivity contribution >= 4 is 61.4 Å². The highest BCUT2D eigenvalue weighted by molar-refractivity contribution is 7.99. The molecule has 2 nitrogen and oxygen atoms in total. The third-order valence-electron chi connectivity index (χ3n) is 13.2. The quantitative estimate of drug-likeness (QED) is 0.171. The normalized spacial score (nSPS) is 13.2. The third-order valence-corrected chi connectivity index (χ3v) is 14.4. The largest absolute Gasteiger partial charge is 0.310 e. The lowest BCUT2D eigenvalue weighted by Gasteiger charge is -2.40. The van der Waals surface area contributed by atoms with E-state index in [1.807, 2.05) is 11.8 Å². The van der Waals surface area contributed by atoms with Gasteiger partial charge in [0, 0.05) is 43.2 Å². The molecule has 0 saturated carbocycles. The molecule has 0 bridgehead atoms. The van der Waals surface area contributed by atoms with Gasteiger partial charge >= 0.3 is 0 Å². The fourth-order valence-corrected chi connectivity index (χ4v) is 11.9. The minimum absolute atomic E-state index is 0.544. The average molecular weight is 807 g/mol. The second kappa shape index (κ2) is 13.7. The number of rotatable bonds is 5. The molecule has 62 heavy (non-hydrogen) atoms. The molecule has 0 saturated heterocycles. The summed E-state index contributed by atoms with van der Waals surface area (Å²) >= 11 is 1.89. The minimum atomic E-state index is -0.544. The Bertz CT molecular complexity index is 3520. The van der Waals surface area contributed by atoms with Crippen molar-refractivity contribution < 1.29 is 0 Å². The van der Waals surface area contributed by atoms with Gasteiger partial charge < -0.3 is 9.47 Å². The van der Waals surface area contributed by atoms with Gasteiger partial charge in [0.15, 0.2) is 0 Å². The van der Waals surface area contributed by atoms with E-state index in [1.165, 1.54) is 86.9 Å². The Morgan fingerprint density at radius 1 is 0.387 bits per heavy atom. The Labute approximate surface area is 365 Å². The first-order valence-corrected chi connectivity index (χ1v) is 22.2. The van der Waals surface area contributed by atoms with Crippen LogP contribution in [0.5, 0.6) is 0 Å². The van der Waals surface area contributed by atoms with Crippen molar-refractivity contribution in [1.29, 1.82) is 0 Å². The highest BCUT2D eigenvalue weighted by atomic mass is 32.2. The molecule has 1 aromatic heterocycles. The summed E-state index contributed by atoms with van der Waals surface area (Å²) < 4.78 is 2.40. The molecule has 1 aliphatic heterocycles. The van der Waals surface area contributed by atoms with Gasteiger partial charge in [0.2, 0.25) is 0 Å². The predicted molar refractivity (Wildman–Crippen MR) is 260 cm³/mol. The monoisotopic (exact) mass is 806 g/mol. The van der Waals surface area contributed by atoms with Gasteiger partial charge in [-0.05, 0) is 116 Å². The fourth-order valence-electron chi connectivity index (χ4n) is 10.7. The Balaban J connectivity index is 1.12. The molecule has 3 heteroatoms. The topological polar surface area (TPSA) is 8.17 Å². The van der Waals surface area contributed by atoms with Gasteiger partial charge in [-0.25, -0.2) is 0 Å². The summed E-state index contributed by atoms with van der Waals surface area (Å²) in [6.07, 6.45) is 0. The molecule has 290 valence electrons. The van der Waals surface area contributed by atoms with Crippen molar-refractivity contribution in [2.45, 2.75) is 15.2 Å². The first kappa shape index (κ1) is 35.2. The van der Waals surface area contributed by atoms with Crippen LogP contribution in [0.4, 0.5) is 17.1 Å². The van der Waals surface area contributed by atoms with E-state index in [4.69, 9.17) is 0 Å². The number of fused-ring (bicyclic) bond motifs is 14. The maximum atomic E-state index is 2.52. The van der Waals surface area contributed by atoms with E-state index >= 15 is 0 Å². The molecule has 0 N–H and O–H groups in total. The van der Waals surface area contributed by atoms with Crippen molar-refractivity contribution in [3.63, 3.8) is 0 Å². The number of nitrogens with zero attached hydrogens (tertiary/aromatic N) is 2. The second-order valence-corrected chi connectivity index (χ2v) is 17.5. The molecule has 0 amide bonds. The predicted octanol–water partition coefficient (Wildman–Crippen LogP) is 15.9. The summed E-state index contributed by atoms with van der Waals surface area (Å²) in [5.41, 5.74) is 16.6. The lowest BCUT2D eigenvalue weighted by molar-refractivity contribution is 0.728. The van der Waals surface area contributed by atoms with Gasteiger partial charge in [-0.2, -0.15) is 0 Å². The fraction of sp³-hybridized carbons (Fsp3) is 0.0169. The van der Waals surface area contributed by atoms with Crippen molar-refractivity contribution in [2.24, 2.45) is 0 Å². The molecule has 1 spiro atoms. The number of para-hydroxylation sites is 3. The number of hydrogen-bond donors (Lipinski definition) is 0. The Morgan fingerprint density at radius 3 is 1.79 bits per heavy atom. The van der Waals surface area contributed by atoms with Crippen molar-refractivity contribution in [2.75, 3.05) is 4.90 Å². The molecule has 1 aliphatic carbocycles. The Morgan fingerprint density at radius 2 is 0.984 bits per heavy atom. The molecule has 2 heterocycles. The zero-order valence-electron chi connectivity index (χ0n) is 33.7. The summed E-state index contributed by atoms with van der Waals surface area (Å²) in [6, 6.07) is 85.4. The van der Waals surface area contributed by atoms with Crippen LogP contribution in [-0.4, -0.2) is 4.57 Å². The van der Waals surface area contributed by atoms with Crippen molar-refractivity contribution in [3.05, 3.63) is 253 Å². The van der Waals surface area contributed by atoms with Crippen LogP contribution < -0.4 is 4.90 Å². The second-order valence-electron chi connectivity index (χ2n) is 16.4. The van der Waals surface area contributed by atoms with E-state index in [-0.39, 0.29) is 0 Å². The van der Waals surface area contributed by atoms with Crippen molar-refractivity contribution in [1.82, 2.24) is 4.57 Å². The molecule has 0 fully saturated rings. The number of hydrogen-bond acceptors (Lipinski definition) is 2. The molecule has 10 aromatic carbocycles. The third kappa shape index (κ3) is 5.00. The van der Waals surface area contributed by atoms with Gasteiger partial charge in [0.1, 0.15) is 0 Å². The summed E-state index contributed by atoms with van der Waals surface area (Å²) in [5.74, 6) is 0. The molecule has 0 atom stereocenters. The van der Waals surface area contributed by atoms with E-state index in [1.54, 1.807) is 0 Å². The highest BCUT2D eigenvalue weighted by Crippen LogP contribution is 2.64. The van der Waals surface area contributed by atoms with Crippen molar-refractivity contribution in [3.8, 4) is 27.9 Å². The smallest absolute Gasteiger partial charge is 0.0742 e. The van der Waals surface area contributed by atoms with E-state index in [0.29, 0.717) is 0 Å². The van der Waals surface area contributed by atoms with Crippen LogP contribution in [0, 0.1) is 0 Å². The van der Waals surface area contributed by atoms with Gasteiger partial charge in [-0.1, -0.05) is 176 Å². The van der Waals surface area contributed by atoms with E-state index in [9.17, 15) is 0 Å². The molecule has 11 aromatic rings. The summed E-state index contributed by atoms with van der Waals surface area (Å²) in [7, 11) is 0. The summed E-state index contributed by atoms with van der Waals surface area (Å²) in [5, 5.41) is 5.00. The van der Waals surface area contributed by atoms with Crippen LogP contribution >= 0.6 is 11.8 Å². The molecule has 2 aliphatic rings. The molecular formula is C59H38N2S. The van der Waals surface area contributed by atoms with Crippen LogP contribution in [0.2, 0.25) is 0 Å². The van der Waals surface area contributed by atoms with E-state index in [2.05, 4.69) is 240 Å². The maximum absolute atomic E-state index is 2.52. The zero-order chi connectivity index (χ0) is 40.8. The first-order valence-electron chi connectivity index (χ1n) is 21.3. The number of aromatic nitrogens is 1. The Kier molecular flexibility index (Phi) is 7.79. The van der Waals surface area contributed by atoms with Gasteiger partial charge in [-0.3, -0.25) is 0 Å². The standard InChI is InChI=1S/C59H38N2S/c1-3-17-39(18-4-1)44-22-9-13-27-53(44)60(42-33-36-55-49(37-42)47-24-10-14-28-54(47)61(55)41-20-5-2-6-21-41)43-32-35-46-48-34-31-40-19-7-8-23-45(40)58(48)59(52(46)38-43)50-25-11-15-29-56(50)62-57-30-16-12-26-51(57)59/h1-38H. The molecule has 13 rings (SSSR count). The van der Waals surface area contributed by atoms with E-state index in [0.717, 1.165) is 22.7 Å². The summed E-state index contributed by atoms with van der Waals surface area (Å²) in [4.78, 5) is 5.10. The van der Waals surface area contributed by atoms with Gasteiger partial charge in [0.05, 0.1) is 22.1 Å². The van der Waals surface area contributed by atoms with Gasteiger partial charge in [0.25, 0.3) is 0 Å². The highest BCUT2D eigenvalue weighted by Gasteiger charge is 2.51. The summed E-state index contributed by atoms with van der Waals surface area (Å²) in [6.45, 7) is 0. The lowest BCUT2D eigenvalue weighted by atomic mass is 9.66. The minimum Gasteiger partial charge on any atom is -0.310 e. The molecule has 0 radical (unpaired) electrons. The molecule has 0 unspecified atom stereocenters. The molecular weight excluding hydrogens is 769 g/mol. The average Bonchev–Trinajstić information content (AvgIpc) is 3.83. The number of benzene rings is 10. The van der Waals surface area contributed by atoms with Crippen LogP contribution in [0.15, 0.2) is 240 Å². The maximum Gasteiger partial charge on any atom is 0.0742 e. The van der Waals surface area contributed by atoms with Crippen LogP contribution in [0.1, 0.15) is 22.3 Å². The number of anilines is 3. The Hall–Kier alpha value is -7.59. The SMILES string of the molecule is c1ccc(-c2ccccc2N(c2ccc3c(c2)C2(c4ccccc4Sc4ccccc42)c2c-3ccc3ccccc23)c2ccc3c(c2)c2ccccc2n3-c2ccccc2)cc1. The van der Waals surface area contributed by atoms with Crippen LogP contribution in [-0.2, 0) is 5.41 Å². The van der Waals surface area contributed by atoms with E-state index < -0.39 is 5.41 Å². The van der Waals surface area contributed by atoms with Gasteiger partial charge in [-0.15, -0.1) is 0 Å². The van der Waals surface area contributed by atoms with Crippen LogP contribution in [0.25, 0.3) is 60.5 Å². The zero-order valence-corrected chi connectivity index (χ0v) is 34.6. The van der Waals surface area contributed by atoms with Crippen LogP contribution in [0.3, 0.4) is 0 Å². The first-order chi connectivity index (χ1) is 30.8. The lowest BCUT2D eigenvalue weighted by Crippen LogP contribution is -2.32.